The van der Waals surface area contributed by atoms with Crippen LogP contribution >= 0.6 is 12.4 Å². The van der Waals surface area contributed by atoms with Crippen molar-refractivity contribution in [3.63, 3.8) is 0 Å². The van der Waals surface area contributed by atoms with Gasteiger partial charge >= 0.3 is 0 Å². The third kappa shape index (κ3) is 4.18. The summed E-state index contributed by atoms with van der Waals surface area (Å²) in [5.41, 5.74) is 4.48. The van der Waals surface area contributed by atoms with Gasteiger partial charge in [0.1, 0.15) is 4.90 Å². The van der Waals surface area contributed by atoms with Crippen LogP contribution in [0.4, 0.5) is 11.4 Å². The summed E-state index contributed by atoms with van der Waals surface area (Å²) < 4.78 is 27.8. The fourth-order valence-electron chi connectivity index (χ4n) is 3.29. The fourth-order valence-corrected chi connectivity index (χ4v) is 4.64. The summed E-state index contributed by atoms with van der Waals surface area (Å²) in [5, 5.41) is 7.34. The second-order valence-electron chi connectivity index (χ2n) is 6.90. The smallest absolute Gasteiger partial charge is 0.269 e. The van der Waals surface area contributed by atoms with Gasteiger partial charge in [0.2, 0.25) is 0 Å². The van der Waals surface area contributed by atoms with Gasteiger partial charge in [-0.05, 0) is 55.9 Å². The first-order chi connectivity index (χ1) is 14.0. The number of hydrogen-bond acceptors (Lipinski definition) is 5. The molecule has 8 heteroatoms. The molecular formula is C22H23ClN4O2S. The second kappa shape index (κ2) is 8.87. The molecule has 0 saturated heterocycles. The molecule has 2 aromatic heterocycles. The van der Waals surface area contributed by atoms with Crippen LogP contribution in [0.15, 0.2) is 78.1 Å². The van der Waals surface area contributed by atoms with E-state index in [-0.39, 0.29) is 17.3 Å². The number of pyridine rings is 1. The first-order valence-corrected chi connectivity index (χ1v) is 10.7. The normalized spacial score (nSPS) is 11.3. The Morgan fingerprint density at radius 3 is 2.43 bits per heavy atom. The lowest BCUT2D eigenvalue weighted by molar-refractivity contribution is 0.588. The minimum Gasteiger partial charge on any atom is -0.355 e. The number of nitrogens with zero attached hydrogens (tertiary/aromatic N) is 2. The predicted molar refractivity (Wildman–Crippen MR) is 123 cm³/mol. The van der Waals surface area contributed by atoms with E-state index in [1.54, 1.807) is 24.5 Å². The van der Waals surface area contributed by atoms with Crippen molar-refractivity contribution >= 4 is 44.7 Å². The number of fused-ring (bicyclic) bond motifs is 1. The van der Waals surface area contributed by atoms with Crippen LogP contribution in [0.3, 0.4) is 0 Å². The maximum atomic E-state index is 13.3. The Morgan fingerprint density at radius 1 is 1.03 bits per heavy atom. The molecule has 0 aliphatic carbocycles. The van der Waals surface area contributed by atoms with Gasteiger partial charge in [-0.25, -0.2) is 12.4 Å². The highest BCUT2D eigenvalue weighted by atomic mass is 35.5. The molecule has 4 aromatic rings. The van der Waals surface area contributed by atoms with Crippen LogP contribution in [0.1, 0.15) is 11.1 Å². The molecular weight excluding hydrogens is 420 g/mol. The number of aromatic nitrogens is 2. The van der Waals surface area contributed by atoms with Crippen molar-refractivity contribution in [3.05, 3.63) is 84.3 Å². The molecule has 156 valence electrons. The van der Waals surface area contributed by atoms with Gasteiger partial charge in [-0.15, -0.1) is 12.4 Å². The molecule has 2 aromatic carbocycles. The van der Waals surface area contributed by atoms with Gasteiger partial charge in [-0.1, -0.05) is 23.8 Å². The number of anilines is 2. The summed E-state index contributed by atoms with van der Waals surface area (Å²) in [6.45, 7) is 2.60. The van der Waals surface area contributed by atoms with E-state index in [1.807, 2.05) is 56.4 Å². The zero-order valence-corrected chi connectivity index (χ0v) is 18.3. The maximum Gasteiger partial charge on any atom is 0.269 e. The molecule has 0 atom stereocenters. The average molecular weight is 443 g/mol. The van der Waals surface area contributed by atoms with E-state index in [2.05, 4.69) is 15.6 Å². The van der Waals surface area contributed by atoms with Crippen molar-refractivity contribution in [1.29, 1.82) is 0 Å². The van der Waals surface area contributed by atoms with Gasteiger partial charge in [-0.2, -0.15) is 0 Å². The van der Waals surface area contributed by atoms with Crippen molar-refractivity contribution in [2.45, 2.75) is 18.4 Å². The van der Waals surface area contributed by atoms with Crippen LogP contribution in [0.2, 0.25) is 0 Å². The predicted octanol–water partition coefficient (Wildman–Crippen LogP) is 4.47. The molecule has 0 aliphatic heterocycles. The Labute approximate surface area is 182 Å². The van der Waals surface area contributed by atoms with Crippen molar-refractivity contribution in [3.8, 4) is 0 Å². The third-order valence-electron chi connectivity index (χ3n) is 4.75. The second-order valence-corrected chi connectivity index (χ2v) is 8.71. The third-order valence-corrected chi connectivity index (χ3v) is 6.41. The number of halogens is 1. The minimum atomic E-state index is -3.76. The summed E-state index contributed by atoms with van der Waals surface area (Å²) in [4.78, 5) is 4.12. The van der Waals surface area contributed by atoms with Crippen molar-refractivity contribution in [1.82, 2.24) is 14.3 Å². The Kier molecular flexibility index (Phi) is 6.45. The van der Waals surface area contributed by atoms with E-state index >= 15 is 0 Å². The van der Waals surface area contributed by atoms with Crippen LogP contribution in [0, 0.1) is 6.92 Å². The van der Waals surface area contributed by atoms with Crippen molar-refractivity contribution in [2.24, 2.45) is 0 Å². The van der Waals surface area contributed by atoms with E-state index < -0.39 is 10.0 Å². The summed E-state index contributed by atoms with van der Waals surface area (Å²) in [6, 6.07) is 17.0. The summed E-state index contributed by atoms with van der Waals surface area (Å²) in [5.74, 6) is 0. The Balaban J connectivity index is 0.00000256. The fraction of sp³-hybridized carbons (Fsp3) is 0.136. The molecule has 6 nitrogen and oxygen atoms in total. The molecule has 0 radical (unpaired) electrons. The molecule has 0 aliphatic rings. The molecule has 2 N–H and O–H groups in total. The minimum absolute atomic E-state index is 0. The number of nitrogens with one attached hydrogen (secondary N) is 2. The molecule has 0 amide bonds. The molecule has 30 heavy (non-hydrogen) atoms. The molecule has 0 fully saturated rings. The molecule has 0 spiro atoms. The van der Waals surface area contributed by atoms with E-state index in [0.29, 0.717) is 12.1 Å². The van der Waals surface area contributed by atoms with E-state index in [4.69, 9.17) is 0 Å². The summed E-state index contributed by atoms with van der Waals surface area (Å²) >= 11 is 0. The van der Waals surface area contributed by atoms with E-state index in [1.165, 1.54) is 15.7 Å². The first kappa shape index (κ1) is 21.8. The zero-order chi connectivity index (χ0) is 20.4. The maximum absolute atomic E-state index is 13.3. The van der Waals surface area contributed by atoms with Gasteiger partial charge in [0.15, 0.2) is 0 Å². The van der Waals surface area contributed by atoms with E-state index in [0.717, 1.165) is 22.3 Å². The van der Waals surface area contributed by atoms with Crippen LogP contribution in [0.5, 0.6) is 0 Å². The van der Waals surface area contributed by atoms with E-state index in [9.17, 15) is 8.42 Å². The van der Waals surface area contributed by atoms with Gasteiger partial charge in [0.05, 0.1) is 5.52 Å². The number of aryl methyl sites for hydroxylation is 1. The summed E-state index contributed by atoms with van der Waals surface area (Å²) in [6.07, 6.45) is 4.61. The Hall–Kier alpha value is -2.87. The van der Waals surface area contributed by atoms with Crippen molar-refractivity contribution in [2.75, 3.05) is 12.4 Å². The quantitative estimate of drug-likeness (QED) is 0.461. The largest absolute Gasteiger partial charge is 0.355 e. The average Bonchev–Trinajstić information content (AvgIpc) is 3.09. The highest BCUT2D eigenvalue weighted by molar-refractivity contribution is 7.90. The molecule has 4 rings (SSSR count). The van der Waals surface area contributed by atoms with Crippen molar-refractivity contribution < 1.29 is 8.42 Å². The SMILES string of the molecule is CNCc1cn(S(=O)(=O)c2cccnc2)c2cc(Nc3ccc(C)cc3)ccc12.Cl. The van der Waals surface area contributed by atoms with Crippen LogP contribution in [-0.2, 0) is 16.6 Å². The van der Waals surface area contributed by atoms with Crippen LogP contribution in [-0.4, -0.2) is 24.4 Å². The molecule has 0 unspecified atom stereocenters. The Bertz CT molecular complexity index is 1250. The van der Waals surface area contributed by atoms with Gasteiger partial charge in [0.25, 0.3) is 10.0 Å². The lowest BCUT2D eigenvalue weighted by Crippen LogP contribution is -2.12. The van der Waals surface area contributed by atoms with Crippen LogP contribution < -0.4 is 10.6 Å². The first-order valence-electron chi connectivity index (χ1n) is 9.27. The monoisotopic (exact) mass is 442 g/mol. The molecule has 0 bridgehead atoms. The van der Waals surface area contributed by atoms with Gasteiger partial charge < -0.3 is 10.6 Å². The zero-order valence-electron chi connectivity index (χ0n) is 16.7. The van der Waals surface area contributed by atoms with Gasteiger partial charge in [-0.3, -0.25) is 4.98 Å². The lowest BCUT2D eigenvalue weighted by atomic mass is 10.1. The summed E-state index contributed by atoms with van der Waals surface area (Å²) in [7, 11) is -1.92. The number of benzene rings is 2. The standard InChI is InChI=1S/C22H22N4O2S.ClH/c1-16-5-7-18(8-6-16)25-19-9-10-21-17(13-23-2)15-26(22(21)12-19)29(27,28)20-4-3-11-24-14-20;/h3-12,14-15,23,25H,13H2,1-2H3;1H. The Morgan fingerprint density at radius 2 is 1.77 bits per heavy atom. The topological polar surface area (TPSA) is 76.0 Å². The highest BCUT2D eigenvalue weighted by Crippen LogP contribution is 2.29. The lowest BCUT2D eigenvalue weighted by Gasteiger charge is -2.10. The molecule has 2 heterocycles. The van der Waals surface area contributed by atoms with Crippen LogP contribution in [0.25, 0.3) is 10.9 Å². The molecule has 0 saturated carbocycles. The number of hydrogen-bond donors (Lipinski definition) is 2. The number of rotatable bonds is 6. The van der Waals surface area contributed by atoms with Gasteiger partial charge in [0, 0.05) is 41.9 Å². The highest BCUT2D eigenvalue weighted by Gasteiger charge is 2.21.